The fraction of sp³-hybridized carbons (Fsp3) is 0.818. The molecule has 92 valence electrons. The first-order valence-electron chi connectivity index (χ1n) is 5.84. The molecule has 1 aliphatic rings. The number of rotatable bonds is 4. The van der Waals surface area contributed by atoms with Crippen molar-refractivity contribution < 1.29 is 9.59 Å². The number of likely N-dealkylation sites (tertiary alicyclic amines) is 1. The molecular weight excluding hydrogens is 206 g/mol. The zero-order chi connectivity index (χ0) is 12.1. The second-order valence-corrected chi connectivity index (χ2v) is 4.47. The van der Waals surface area contributed by atoms with E-state index in [1.54, 1.807) is 4.90 Å². The van der Waals surface area contributed by atoms with Crippen LogP contribution >= 0.6 is 0 Å². The summed E-state index contributed by atoms with van der Waals surface area (Å²) >= 11 is 0. The number of hydrogen-bond donors (Lipinski definition) is 2. The topological polar surface area (TPSA) is 75.4 Å². The number of carbonyl (C=O) groups excluding carboxylic acids is 2. The number of carbonyl (C=O) groups is 2. The number of nitrogens with zero attached hydrogens (tertiary/aromatic N) is 1. The van der Waals surface area contributed by atoms with Gasteiger partial charge in [0.25, 0.3) is 0 Å². The van der Waals surface area contributed by atoms with E-state index in [1.165, 1.54) is 0 Å². The van der Waals surface area contributed by atoms with Gasteiger partial charge in [0, 0.05) is 25.6 Å². The summed E-state index contributed by atoms with van der Waals surface area (Å²) in [7, 11) is 0. The van der Waals surface area contributed by atoms with E-state index < -0.39 is 0 Å². The summed E-state index contributed by atoms with van der Waals surface area (Å²) in [5, 5.41) is 2.75. The molecule has 0 aliphatic carbocycles. The van der Waals surface area contributed by atoms with Crippen molar-refractivity contribution in [3.8, 4) is 0 Å². The number of nitrogens with one attached hydrogen (secondary N) is 1. The van der Waals surface area contributed by atoms with E-state index in [4.69, 9.17) is 5.73 Å². The Labute approximate surface area is 96.4 Å². The first-order valence-corrected chi connectivity index (χ1v) is 5.84. The van der Waals surface area contributed by atoms with Crippen LogP contribution in [0.2, 0.25) is 0 Å². The lowest BCUT2D eigenvalue weighted by Gasteiger charge is -2.34. The zero-order valence-corrected chi connectivity index (χ0v) is 10.0. The van der Waals surface area contributed by atoms with Gasteiger partial charge < -0.3 is 16.0 Å². The minimum Gasteiger partial charge on any atom is -0.355 e. The molecule has 5 heteroatoms. The molecule has 0 spiro atoms. The fourth-order valence-corrected chi connectivity index (χ4v) is 1.74. The van der Waals surface area contributed by atoms with Crippen LogP contribution in [0.25, 0.3) is 0 Å². The number of nitrogens with two attached hydrogens (primary N) is 1. The largest absolute Gasteiger partial charge is 0.355 e. The average Bonchev–Trinajstić information content (AvgIpc) is 2.23. The lowest BCUT2D eigenvalue weighted by Crippen LogP contribution is -2.53. The summed E-state index contributed by atoms with van der Waals surface area (Å²) in [5.74, 6) is 0.139. The Morgan fingerprint density at radius 2 is 2.31 bits per heavy atom. The van der Waals surface area contributed by atoms with Crippen LogP contribution in [-0.2, 0) is 9.59 Å². The summed E-state index contributed by atoms with van der Waals surface area (Å²) in [4.78, 5) is 24.7. The minimum atomic E-state index is -0.100. The summed E-state index contributed by atoms with van der Waals surface area (Å²) in [6.45, 7) is 5.24. The molecule has 16 heavy (non-hydrogen) atoms. The van der Waals surface area contributed by atoms with E-state index in [1.807, 2.05) is 13.8 Å². The minimum absolute atomic E-state index is 0.0170. The van der Waals surface area contributed by atoms with Gasteiger partial charge in [0.1, 0.15) is 0 Å². The standard InChI is InChI=1S/C11H21N3O2/c1-3-4-13-10(15)7-14-6-9(12)8(2)5-11(14)16/h8-9H,3-7,12H2,1-2H3,(H,13,15). The van der Waals surface area contributed by atoms with Gasteiger partial charge in [-0.25, -0.2) is 0 Å². The van der Waals surface area contributed by atoms with E-state index in [2.05, 4.69) is 5.32 Å². The maximum atomic E-state index is 11.6. The third kappa shape index (κ3) is 3.48. The zero-order valence-electron chi connectivity index (χ0n) is 10.0. The summed E-state index contributed by atoms with van der Waals surface area (Å²) in [6.07, 6.45) is 1.35. The quantitative estimate of drug-likeness (QED) is 0.693. The highest BCUT2D eigenvalue weighted by Crippen LogP contribution is 2.16. The fourth-order valence-electron chi connectivity index (χ4n) is 1.74. The number of hydrogen-bond acceptors (Lipinski definition) is 3. The van der Waals surface area contributed by atoms with Gasteiger partial charge in [0.05, 0.1) is 6.54 Å². The second-order valence-electron chi connectivity index (χ2n) is 4.47. The maximum Gasteiger partial charge on any atom is 0.239 e. The molecule has 0 saturated carbocycles. The van der Waals surface area contributed by atoms with Gasteiger partial charge in [0.15, 0.2) is 0 Å². The molecule has 1 aliphatic heterocycles. The Kier molecular flexibility index (Phi) is 4.73. The molecular formula is C11H21N3O2. The molecule has 1 saturated heterocycles. The first-order chi connectivity index (χ1) is 7.54. The monoisotopic (exact) mass is 227 g/mol. The van der Waals surface area contributed by atoms with Crippen LogP contribution in [0.15, 0.2) is 0 Å². The predicted octanol–water partition coefficient (Wildman–Crippen LogP) is -0.292. The van der Waals surface area contributed by atoms with Crippen molar-refractivity contribution in [3.63, 3.8) is 0 Å². The molecule has 3 N–H and O–H groups in total. The maximum absolute atomic E-state index is 11.6. The Bertz CT molecular complexity index is 268. The highest BCUT2D eigenvalue weighted by molar-refractivity contribution is 5.85. The van der Waals surface area contributed by atoms with Crippen LogP contribution in [0.4, 0.5) is 0 Å². The Morgan fingerprint density at radius 1 is 1.62 bits per heavy atom. The third-order valence-corrected chi connectivity index (χ3v) is 2.92. The SMILES string of the molecule is CCCNC(=O)CN1CC(N)C(C)CC1=O. The molecule has 1 rings (SSSR count). The second kappa shape index (κ2) is 5.84. The van der Waals surface area contributed by atoms with Crippen LogP contribution in [0.1, 0.15) is 26.7 Å². The van der Waals surface area contributed by atoms with E-state index in [-0.39, 0.29) is 30.3 Å². The van der Waals surface area contributed by atoms with E-state index in [9.17, 15) is 9.59 Å². The highest BCUT2D eigenvalue weighted by atomic mass is 16.2. The van der Waals surface area contributed by atoms with Gasteiger partial charge in [0.2, 0.25) is 11.8 Å². The van der Waals surface area contributed by atoms with Crippen molar-refractivity contribution >= 4 is 11.8 Å². The Balaban J connectivity index is 2.41. The van der Waals surface area contributed by atoms with Crippen LogP contribution in [0.3, 0.4) is 0 Å². The van der Waals surface area contributed by atoms with Gasteiger partial charge in [-0.15, -0.1) is 0 Å². The third-order valence-electron chi connectivity index (χ3n) is 2.92. The first kappa shape index (κ1) is 13.0. The lowest BCUT2D eigenvalue weighted by molar-refractivity contribution is -0.139. The molecule has 1 heterocycles. The van der Waals surface area contributed by atoms with Gasteiger partial charge in [-0.05, 0) is 12.3 Å². The van der Waals surface area contributed by atoms with Gasteiger partial charge in [-0.2, -0.15) is 0 Å². The van der Waals surface area contributed by atoms with Crippen molar-refractivity contribution in [2.24, 2.45) is 11.7 Å². The van der Waals surface area contributed by atoms with Gasteiger partial charge >= 0.3 is 0 Å². The summed E-state index contributed by atoms with van der Waals surface area (Å²) in [6, 6.07) is -0.0170. The number of piperidine rings is 1. The number of amides is 2. The van der Waals surface area contributed by atoms with E-state index in [0.29, 0.717) is 19.5 Å². The van der Waals surface area contributed by atoms with Crippen molar-refractivity contribution in [2.45, 2.75) is 32.7 Å². The normalized spacial score (nSPS) is 25.7. The van der Waals surface area contributed by atoms with Crippen LogP contribution < -0.4 is 11.1 Å². The smallest absolute Gasteiger partial charge is 0.239 e. The molecule has 0 bridgehead atoms. The summed E-state index contributed by atoms with van der Waals surface area (Å²) < 4.78 is 0. The molecule has 2 atom stereocenters. The van der Waals surface area contributed by atoms with Crippen molar-refractivity contribution in [1.82, 2.24) is 10.2 Å². The Morgan fingerprint density at radius 3 is 2.94 bits per heavy atom. The summed E-state index contributed by atoms with van der Waals surface area (Å²) in [5.41, 5.74) is 5.88. The lowest BCUT2D eigenvalue weighted by atomic mass is 9.94. The molecule has 0 aromatic carbocycles. The van der Waals surface area contributed by atoms with Crippen LogP contribution in [0, 0.1) is 5.92 Å². The van der Waals surface area contributed by atoms with Crippen LogP contribution in [-0.4, -0.2) is 42.4 Å². The van der Waals surface area contributed by atoms with Crippen LogP contribution in [0.5, 0.6) is 0 Å². The van der Waals surface area contributed by atoms with Gasteiger partial charge in [-0.1, -0.05) is 13.8 Å². The molecule has 0 radical (unpaired) electrons. The van der Waals surface area contributed by atoms with E-state index in [0.717, 1.165) is 6.42 Å². The van der Waals surface area contributed by atoms with Gasteiger partial charge in [-0.3, -0.25) is 9.59 Å². The molecule has 5 nitrogen and oxygen atoms in total. The highest BCUT2D eigenvalue weighted by Gasteiger charge is 2.29. The molecule has 0 aromatic heterocycles. The van der Waals surface area contributed by atoms with E-state index >= 15 is 0 Å². The van der Waals surface area contributed by atoms with Crippen molar-refractivity contribution in [1.29, 1.82) is 0 Å². The van der Waals surface area contributed by atoms with Crippen molar-refractivity contribution in [3.05, 3.63) is 0 Å². The molecule has 1 fully saturated rings. The molecule has 2 unspecified atom stereocenters. The average molecular weight is 227 g/mol. The molecule has 0 aromatic rings. The predicted molar refractivity (Wildman–Crippen MR) is 61.6 cm³/mol. The van der Waals surface area contributed by atoms with Crippen molar-refractivity contribution in [2.75, 3.05) is 19.6 Å². The Hall–Kier alpha value is -1.10. The molecule has 2 amide bonds.